The Morgan fingerprint density at radius 2 is 2.13 bits per heavy atom. The minimum atomic E-state index is -0.508. The number of benzene rings is 1. The predicted molar refractivity (Wildman–Crippen MR) is 122 cm³/mol. The topological polar surface area (TPSA) is 117 Å². The lowest BCUT2D eigenvalue weighted by Gasteiger charge is -2.23. The highest BCUT2D eigenvalue weighted by Gasteiger charge is 2.20. The SMILES string of the molecule is COc1cc(-c2nc(SC)[nH]c(=O)c2C#N)cc(Br)c1OCC(=O)NC1CCCCC1. The van der Waals surface area contributed by atoms with Crippen molar-refractivity contribution in [2.24, 2.45) is 0 Å². The summed E-state index contributed by atoms with van der Waals surface area (Å²) < 4.78 is 11.7. The van der Waals surface area contributed by atoms with E-state index in [2.05, 4.69) is 31.2 Å². The lowest BCUT2D eigenvalue weighted by molar-refractivity contribution is -0.124. The van der Waals surface area contributed by atoms with Crippen LogP contribution in [-0.2, 0) is 4.79 Å². The summed E-state index contributed by atoms with van der Waals surface area (Å²) in [6.07, 6.45) is 7.25. The minimum absolute atomic E-state index is 0.0905. The van der Waals surface area contributed by atoms with Crippen LogP contribution in [0.2, 0.25) is 0 Å². The molecule has 0 bridgehead atoms. The molecule has 0 radical (unpaired) electrons. The molecule has 10 heteroatoms. The van der Waals surface area contributed by atoms with Gasteiger partial charge in [-0.1, -0.05) is 31.0 Å². The number of nitrogens with one attached hydrogen (secondary N) is 2. The largest absolute Gasteiger partial charge is 0.493 e. The van der Waals surface area contributed by atoms with Gasteiger partial charge < -0.3 is 19.8 Å². The zero-order chi connectivity index (χ0) is 22.4. The number of hydrogen-bond donors (Lipinski definition) is 2. The van der Waals surface area contributed by atoms with Gasteiger partial charge in [-0.2, -0.15) is 5.26 Å². The summed E-state index contributed by atoms with van der Waals surface area (Å²) in [5.41, 5.74) is 0.163. The number of aromatic nitrogens is 2. The zero-order valence-corrected chi connectivity index (χ0v) is 19.7. The van der Waals surface area contributed by atoms with E-state index in [0.29, 0.717) is 26.7 Å². The number of carbonyl (C=O) groups excluding carboxylic acids is 1. The average molecular weight is 507 g/mol. The molecule has 0 unspecified atom stereocenters. The van der Waals surface area contributed by atoms with Crippen LogP contribution in [0.1, 0.15) is 37.7 Å². The quantitative estimate of drug-likeness (QED) is 0.434. The summed E-state index contributed by atoms with van der Waals surface area (Å²) in [4.78, 5) is 31.5. The lowest BCUT2D eigenvalue weighted by Crippen LogP contribution is -2.39. The Labute approximate surface area is 192 Å². The first-order valence-electron chi connectivity index (χ1n) is 9.85. The Bertz CT molecular complexity index is 1060. The van der Waals surface area contributed by atoms with Crippen molar-refractivity contribution in [3.05, 3.63) is 32.5 Å². The summed E-state index contributed by atoms with van der Waals surface area (Å²) in [5.74, 6) is 0.530. The van der Waals surface area contributed by atoms with Gasteiger partial charge in [0.05, 0.1) is 17.3 Å². The molecule has 8 nitrogen and oxygen atoms in total. The number of hydrogen-bond acceptors (Lipinski definition) is 7. The van der Waals surface area contributed by atoms with Gasteiger partial charge in [0.25, 0.3) is 11.5 Å². The van der Waals surface area contributed by atoms with E-state index in [9.17, 15) is 14.9 Å². The Kier molecular flexibility index (Phi) is 7.98. The summed E-state index contributed by atoms with van der Waals surface area (Å²) in [7, 11) is 1.48. The fourth-order valence-corrected chi connectivity index (χ4v) is 4.45. The van der Waals surface area contributed by atoms with Crippen molar-refractivity contribution in [3.8, 4) is 28.8 Å². The number of halogens is 1. The number of nitrogens with zero attached hydrogens (tertiary/aromatic N) is 2. The van der Waals surface area contributed by atoms with Crippen molar-refractivity contribution in [3.63, 3.8) is 0 Å². The first-order valence-corrected chi connectivity index (χ1v) is 11.9. The second-order valence-electron chi connectivity index (χ2n) is 7.09. The average Bonchev–Trinajstić information content (AvgIpc) is 2.77. The number of aromatic amines is 1. The normalized spacial score (nSPS) is 14.0. The van der Waals surface area contributed by atoms with Gasteiger partial charge in [0.2, 0.25) is 0 Å². The summed E-state index contributed by atoms with van der Waals surface area (Å²) in [6, 6.07) is 5.43. The van der Waals surface area contributed by atoms with Gasteiger partial charge in [0, 0.05) is 11.6 Å². The van der Waals surface area contributed by atoms with E-state index in [1.165, 1.54) is 25.3 Å². The van der Waals surface area contributed by atoms with Crippen LogP contribution >= 0.6 is 27.7 Å². The fraction of sp³-hybridized carbons (Fsp3) is 0.429. The fourth-order valence-electron chi connectivity index (χ4n) is 3.51. The third-order valence-corrected chi connectivity index (χ3v) is 6.19. The number of ether oxygens (including phenoxy) is 2. The molecule has 1 heterocycles. The molecule has 164 valence electrons. The lowest BCUT2D eigenvalue weighted by atomic mass is 9.95. The highest BCUT2D eigenvalue weighted by Crippen LogP contribution is 2.39. The standard InChI is InChI=1S/C21H23BrN4O4S/c1-29-16-9-12(18-14(10-23)20(28)26-21(25-18)31-2)8-15(22)19(16)30-11-17(27)24-13-6-4-3-5-7-13/h8-9,13H,3-7,11H2,1-2H3,(H,24,27)(H,25,26,28). The van der Waals surface area contributed by atoms with E-state index < -0.39 is 5.56 Å². The van der Waals surface area contributed by atoms with E-state index in [-0.39, 0.29) is 29.8 Å². The van der Waals surface area contributed by atoms with Crippen molar-refractivity contribution in [1.29, 1.82) is 5.26 Å². The molecular weight excluding hydrogens is 484 g/mol. The molecule has 0 aliphatic heterocycles. The van der Waals surface area contributed by atoms with Gasteiger partial charge in [0.15, 0.2) is 23.3 Å². The molecule has 1 aliphatic carbocycles. The molecule has 1 aromatic heterocycles. The molecule has 1 saturated carbocycles. The molecule has 0 atom stereocenters. The maximum absolute atomic E-state index is 12.3. The molecule has 1 fully saturated rings. The van der Waals surface area contributed by atoms with Gasteiger partial charge >= 0.3 is 0 Å². The maximum atomic E-state index is 12.3. The summed E-state index contributed by atoms with van der Waals surface area (Å²) in [6.45, 7) is -0.145. The van der Waals surface area contributed by atoms with Gasteiger partial charge in [0.1, 0.15) is 11.6 Å². The van der Waals surface area contributed by atoms with Crippen LogP contribution in [0.3, 0.4) is 0 Å². The highest BCUT2D eigenvalue weighted by atomic mass is 79.9. The van der Waals surface area contributed by atoms with Gasteiger partial charge in [-0.25, -0.2) is 4.98 Å². The number of amides is 1. The van der Waals surface area contributed by atoms with Gasteiger partial charge in [-0.15, -0.1) is 0 Å². The molecule has 0 spiro atoms. The molecule has 0 saturated heterocycles. The van der Waals surface area contributed by atoms with Crippen molar-refractivity contribution >= 4 is 33.6 Å². The van der Waals surface area contributed by atoms with Crippen LogP contribution in [0.4, 0.5) is 0 Å². The molecule has 2 aromatic rings. The zero-order valence-electron chi connectivity index (χ0n) is 17.3. The number of nitriles is 1. The monoisotopic (exact) mass is 506 g/mol. The second kappa shape index (κ2) is 10.7. The van der Waals surface area contributed by atoms with Crippen LogP contribution in [-0.4, -0.2) is 41.9 Å². The number of thioether (sulfide) groups is 1. The smallest absolute Gasteiger partial charge is 0.270 e. The van der Waals surface area contributed by atoms with Crippen molar-refractivity contribution < 1.29 is 14.3 Å². The Morgan fingerprint density at radius 1 is 1.39 bits per heavy atom. The number of carbonyl (C=O) groups is 1. The van der Waals surface area contributed by atoms with Crippen LogP contribution < -0.4 is 20.3 Å². The molecule has 1 aromatic carbocycles. The summed E-state index contributed by atoms with van der Waals surface area (Å²) in [5, 5.41) is 12.8. The molecule has 2 N–H and O–H groups in total. The Balaban J connectivity index is 1.84. The van der Waals surface area contributed by atoms with Crippen molar-refractivity contribution in [2.75, 3.05) is 20.0 Å². The van der Waals surface area contributed by atoms with Crippen molar-refractivity contribution in [1.82, 2.24) is 15.3 Å². The number of methoxy groups -OCH3 is 1. The summed E-state index contributed by atoms with van der Waals surface area (Å²) >= 11 is 4.71. The van der Waals surface area contributed by atoms with E-state index >= 15 is 0 Å². The minimum Gasteiger partial charge on any atom is -0.493 e. The van der Waals surface area contributed by atoms with E-state index in [1.807, 2.05) is 6.07 Å². The first-order chi connectivity index (χ1) is 15.0. The number of rotatable bonds is 7. The molecule has 31 heavy (non-hydrogen) atoms. The molecule has 1 aliphatic rings. The maximum Gasteiger partial charge on any atom is 0.270 e. The third-order valence-electron chi connectivity index (χ3n) is 5.02. The Morgan fingerprint density at radius 3 is 2.77 bits per heavy atom. The second-order valence-corrected chi connectivity index (χ2v) is 8.74. The third kappa shape index (κ3) is 5.60. The molecule has 3 rings (SSSR count). The molecule has 1 amide bonds. The number of H-pyrrole nitrogens is 1. The van der Waals surface area contributed by atoms with E-state index in [0.717, 1.165) is 25.7 Å². The van der Waals surface area contributed by atoms with Crippen LogP contribution in [0.15, 0.2) is 26.6 Å². The van der Waals surface area contributed by atoms with E-state index in [1.54, 1.807) is 18.4 Å². The van der Waals surface area contributed by atoms with E-state index in [4.69, 9.17) is 9.47 Å². The first kappa shape index (κ1) is 23.2. The van der Waals surface area contributed by atoms with Crippen molar-refractivity contribution in [2.45, 2.75) is 43.3 Å². The molecular formula is C21H23BrN4O4S. The van der Waals surface area contributed by atoms with Crippen LogP contribution in [0, 0.1) is 11.3 Å². The Hall–Kier alpha value is -2.51. The predicted octanol–water partition coefficient (Wildman–Crippen LogP) is 3.63. The van der Waals surface area contributed by atoms with Crippen LogP contribution in [0.25, 0.3) is 11.3 Å². The van der Waals surface area contributed by atoms with Crippen LogP contribution in [0.5, 0.6) is 11.5 Å². The van der Waals surface area contributed by atoms with Gasteiger partial charge in [-0.3, -0.25) is 9.59 Å². The van der Waals surface area contributed by atoms with Gasteiger partial charge in [-0.05, 0) is 47.2 Å². The highest BCUT2D eigenvalue weighted by molar-refractivity contribution is 9.10.